The lowest BCUT2D eigenvalue weighted by Crippen LogP contribution is -2.34. The van der Waals surface area contributed by atoms with Gasteiger partial charge in [0.1, 0.15) is 11.3 Å². The van der Waals surface area contributed by atoms with Crippen molar-refractivity contribution < 1.29 is 9.59 Å². The van der Waals surface area contributed by atoms with E-state index in [0.717, 1.165) is 16.8 Å². The summed E-state index contributed by atoms with van der Waals surface area (Å²) in [4.78, 5) is 36.4. The first-order chi connectivity index (χ1) is 15.5. The van der Waals surface area contributed by atoms with Gasteiger partial charge in [0.2, 0.25) is 11.8 Å². The van der Waals surface area contributed by atoms with Gasteiger partial charge < -0.3 is 16.4 Å². The molecule has 0 radical (unpaired) electrons. The Morgan fingerprint density at radius 1 is 0.969 bits per heavy atom. The standard InChI is InChI=1S/C23H23N7O2/c1-15(31)25-12-13-26-20(32)14-16-6-8-17(9-7-16)30-22(18-4-2-10-27-21(18)24)29-19-5-3-11-28-23(19)30/h2-11H,12-14H2,1H3,(H2,24,27)(H,25,31)(H,26,32). The third-order valence-electron chi connectivity index (χ3n) is 4.88. The van der Waals surface area contributed by atoms with Gasteiger partial charge in [-0.05, 0) is 42.0 Å². The molecular formula is C23H23N7O2. The number of hydrogen-bond acceptors (Lipinski definition) is 6. The monoisotopic (exact) mass is 429 g/mol. The van der Waals surface area contributed by atoms with Crippen molar-refractivity contribution in [3.63, 3.8) is 0 Å². The van der Waals surface area contributed by atoms with E-state index in [1.165, 1.54) is 6.92 Å². The number of benzene rings is 1. The number of carbonyl (C=O) groups is 2. The molecule has 4 aromatic rings. The van der Waals surface area contributed by atoms with E-state index in [2.05, 4.69) is 20.6 Å². The van der Waals surface area contributed by atoms with Crippen LogP contribution in [0.4, 0.5) is 5.82 Å². The van der Waals surface area contributed by atoms with Crippen LogP contribution in [-0.4, -0.2) is 44.4 Å². The van der Waals surface area contributed by atoms with Crippen LogP contribution in [-0.2, 0) is 16.0 Å². The lowest BCUT2D eigenvalue weighted by atomic mass is 10.1. The van der Waals surface area contributed by atoms with Crippen molar-refractivity contribution in [2.45, 2.75) is 13.3 Å². The Morgan fingerprint density at radius 3 is 2.44 bits per heavy atom. The molecule has 0 aliphatic heterocycles. The summed E-state index contributed by atoms with van der Waals surface area (Å²) in [5, 5.41) is 5.43. The van der Waals surface area contributed by atoms with Gasteiger partial charge in [-0.15, -0.1) is 0 Å². The van der Waals surface area contributed by atoms with Crippen molar-refractivity contribution >= 4 is 28.8 Å². The summed E-state index contributed by atoms with van der Waals surface area (Å²) in [7, 11) is 0. The molecule has 0 spiro atoms. The first-order valence-corrected chi connectivity index (χ1v) is 10.2. The number of pyridine rings is 2. The maximum absolute atomic E-state index is 12.2. The molecule has 162 valence electrons. The van der Waals surface area contributed by atoms with Crippen molar-refractivity contribution in [1.29, 1.82) is 0 Å². The normalized spacial score (nSPS) is 10.8. The fourth-order valence-corrected chi connectivity index (χ4v) is 3.40. The van der Waals surface area contributed by atoms with Crippen LogP contribution >= 0.6 is 0 Å². The minimum absolute atomic E-state index is 0.110. The molecule has 0 aliphatic carbocycles. The first-order valence-electron chi connectivity index (χ1n) is 10.2. The fourth-order valence-electron chi connectivity index (χ4n) is 3.40. The van der Waals surface area contributed by atoms with E-state index < -0.39 is 0 Å². The summed E-state index contributed by atoms with van der Waals surface area (Å²) >= 11 is 0. The van der Waals surface area contributed by atoms with Gasteiger partial charge in [0, 0.05) is 38.1 Å². The van der Waals surface area contributed by atoms with Gasteiger partial charge >= 0.3 is 0 Å². The van der Waals surface area contributed by atoms with Crippen LogP contribution in [0, 0.1) is 0 Å². The van der Waals surface area contributed by atoms with Crippen LogP contribution in [0.3, 0.4) is 0 Å². The quantitative estimate of drug-likeness (QED) is 0.385. The number of amides is 2. The number of nitrogens with one attached hydrogen (secondary N) is 2. The second-order valence-corrected chi connectivity index (χ2v) is 7.23. The summed E-state index contributed by atoms with van der Waals surface area (Å²) in [6.45, 7) is 2.23. The number of hydrogen-bond donors (Lipinski definition) is 3. The highest BCUT2D eigenvalue weighted by Gasteiger charge is 2.17. The molecule has 0 unspecified atom stereocenters. The molecule has 9 nitrogen and oxygen atoms in total. The highest BCUT2D eigenvalue weighted by molar-refractivity contribution is 5.83. The van der Waals surface area contributed by atoms with Gasteiger partial charge in [-0.25, -0.2) is 15.0 Å². The number of imidazole rings is 1. The number of nitrogens with zero attached hydrogens (tertiary/aromatic N) is 4. The second kappa shape index (κ2) is 9.25. The molecule has 0 fully saturated rings. The predicted octanol–water partition coefficient (Wildman–Crippen LogP) is 1.86. The molecular weight excluding hydrogens is 406 g/mol. The first kappa shape index (κ1) is 21.0. The summed E-state index contributed by atoms with van der Waals surface area (Å²) in [5.74, 6) is 0.801. The predicted molar refractivity (Wildman–Crippen MR) is 122 cm³/mol. The maximum atomic E-state index is 12.2. The number of fused-ring (bicyclic) bond motifs is 1. The molecule has 2 amide bonds. The lowest BCUT2D eigenvalue weighted by molar-refractivity contribution is -0.121. The zero-order valence-corrected chi connectivity index (χ0v) is 17.6. The van der Waals surface area contributed by atoms with E-state index in [0.29, 0.717) is 35.9 Å². The zero-order valence-electron chi connectivity index (χ0n) is 17.6. The van der Waals surface area contributed by atoms with Crippen molar-refractivity contribution in [1.82, 2.24) is 30.2 Å². The number of rotatable bonds is 7. The van der Waals surface area contributed by atoms with Crippen molar-refractivity contribution in [3.05, 3.63) is 66.5 Å². The molecule has 1 aromatic carbocycles. The van der Waals surface area contributed by atoms with Gasteiger partial charge in [-0.1, -0.05) is 12.1 Å². The molecule has 9 heteroatoms. The van der Waals surface area contributed by atoms with Gasteiger partial charge in [0.15, 0.2) is 11.5 Å². The molecule has 3 heterocycles. The summed E-state index contributed by atoms with van der Waals surface area (Å²) < 4.78 is 1.93. The van der Waals surface area contributed by atoms with Crippen molar-refractivity contribution in [2.24, 2.45) is 0 Å². The minimum Gasteiger partial charge on any atom is -0.383 e. The SMILES string of the molecule is CC(=O)NCCNC(=O)Cc1ccc(-n2c(-c3cccnc3N)nc3cccnc32)cc1. The largest absolute Gasteiger partial charge is 0.383 e. The van der Waals surface area contributed by atoms with E-state index in [9.17, 15) is 9.59 Å². The van der Waals surface area contributed by atoms with Crippen LogP contribution in [0.1, 0.15) is 12.5 Å². The molecule has 32 heavy (non-hydrogen) atoms. The van der Waals surface area contributed by atoms with Gasteiger partial charge in [-0.3, -0.25) is 14.2 Å². The van der Waals surface area contributed by atoms with E-state index >= 15 is 0 Å². The van der Waals surface area contributed by atoms with E-state index in [1.807, 2.05) is 53.1 Å². The molecule has 4 N–H and O–H groups in total. The van der Waals surface area contributed by atoms with Crippen molar-refractivity contribution in [3.8, 4) is 17.1 Å². The number of anilines is 1. The summed E-state index contributed by atoms with van der Waals surface area (Å²) in [5.41, 5.74) is 9.99. The van der Waals surface area contributed by atoms with Crippen molar-refractivity contribution in [2.75, 3.05) is 18.8 Å². The Kier molecular flexibility index (Phi) is 6.07. The summed E-state index contributed by atoms with van der Waals surface area (Å²) in [6, 6.07) is 15.1. The zero-order chi connectivity index (χ0) is 22.5. The van der Waals surface area contributed by atoms with E-state index in [-0.39, 0.29) is 18.2 Å². The molecule has 3 aromatic heterocycles. The number of nitrogens with two attached hydrogens (primary N) is 1. The van der Waals surface area contributed by atoms with Gasteiger partial charge in [0.25, 0.3) is 0 Å². The third kappa shape index (κ3) is 4.56. The van der Waals surface area contributed by atoms with Crippen LogP contribution in [0.15, 0.2) is 60.9 Å². The minimum atomic E-state index is -0.122. The third-order valence-corrected chi connectivity index (χ3v) is 4.88. The van der Waals surface area contributed by atoms with E-state index in [1.54, 1.807) is 12.4 Å². The average molecular weight is 429 g/mol. The van der Waals surface area contributed by atoms with Crippen LogP contribution < -0.4 is 16.4 Å². The smallest absolute Gasteiger partial charge is 0.224 e. The highest BCUT2D eigenvalue weighted by Crippen LogP contribution is 2.30. The topological polar surface area (TPSA) is 128 Å². The van der Waals surface area contributed by atoms with Crippen LogP contribution in [0.25, 0.3) is 28.2 Å². The van der Waals surface area contributed by atoms with Crippen LogP contribution in [0.2, 0.25) is 0 Å². The summed E-state index contributed by atoms with van der Waals surface area (Å²) in [6.07, 6.45) is 3.60. The Labute approximate surface area is 184 Å². The highest BCUT2D eigenvalue weighted by atomic mass is 16.2. The van der Waals surface area contributed by atoms with Gasteiger partial charge in [-0.2, -0.15) is 0 Å². The van der Waals surface area contributed by atoms with Gasteiger partial charge in [0.05, 0.1) is 12.0 Å². The molecule has 0 aliphatic rings. The molecule has 0 bridgehead atoms. The number of carbonyl (C=O) groups excluding carboxylic acids is 2. The Balaban J connectivity index is 1.59. The number of aromatic nitrogens is 4. The maximum Gasteiger partial charge on any atom is 0.224 e. The number of nitrogen functional groups attached to an aromatic ring is 1. The molecule has 0 saturated carbocycles. The lowest BCUT2D eigenvalue weighted by Gasteiger charge is -2.11. The fraction of sp³-hybridized carbons (Fsp3) is 0.174. The average Bonchev–Trinajstić information content (AvgIpc) is 3.17. The van der Waals surface area contributed by atoms with Crippen LogP contribution in [0.5, 0.6) is 0 Å². The molecule has 4 rings (SSSR count). The molecule has 0 saturated heterocycles. The second-order valence-electron chi connectivity index (χ2n) is 7.23. The molecule has 0 atom stereocenters. The van der Waals surface area contributed by atoms with E-state index in [4.69, 9.17) is 10.7 Å². The Bertz CT molecular complexity index is 1270. The Hall–Kier alpha value is -4.27. The Morgan fingerprint density at radius 2 is 1.69 bits per heavy atom.